The molecule has 1 aromatic heterocycles. The lowest BCUT2D eigenvalue weighted by Gasteiger charge is -2.13. The fourth-order valence-electron chi connectivity index (χ4n) is 2.35. The molecule has 9 heteroatoms. The summed E-state index contributed by atoms with van der Waals surface area (Å²) in [5.74, 6) is 0.750. The molecule has 0 atom stereocenters. The van der Waals surface area contributed by atoms with Gasteiger partial charge in [-0.05, 0) is 24.6 Å². The van der Waals surface area contributed by atoms with E-state index in [1.807, 2.05) is 19.2 Å². The molecule has 0 aliphatic heterocycles. The highest BCUT2D eigenvalue weighted by Gasteiger charge is 2.13. The number of hydrogen-bond acceptors (Lipinski definition) is 6. The number of aliphatic imine (C=N–C) groups is 1. The number of ether oxygens (including phenoxy) is 2. The SMILES string of the molecule is CN=C(NCCc1ncc(C)s1)NCc1ccc(OC)c(C(=O)OC)c1.I. The molecule has 0 aliphatic carbocycles. The van der Waals surface area contributed by atoms with Gasteiger partial charge in [-0.1, -0.05) is 6.07 Å². The second-order valence-electron chi connectivity index (χ2n) is 5.49. The predicted octanol–water partition coefficient (Wildman–Crippen LogP) is 2.77. The van der Waals surface area contributed by atoms with Crippen molar-refractivity contribution in [1.29, 1.82) is 0 Å². The average Bonchev–Trinajstić information content (AvgIpc) is 3.08. The molecule has 0 bridgehead atoms. The molecular weight excluding hydrogens is 479 g/mol. The maximum Gasteiger partial charge on any atom is 0.341 e. The van der Waals surface area contributed by atoms with Crippen LogP contribution < -0.4 is 15.4 Å². The number of methoxy groups -OCH3 is 2. The fourth-order valence-corrected chi connectivity index (χ4v) is 3.13. The molecule has 0 fully saturated rings. The van der Waals surface area contributed by atoms with Crippen LogP contribution in [-0.4, -0.2) is 44.7 Å². The number of halogens is 1. The highest BCUT2D eigenvalue weighted by Crippen LogP contribution is 2.20. The minimum Gasteiger partial charge on any atom is -0.496 e. The number of aryl methyl sites for hydroxylation is 1. The second-order valence-corrected chi connectivity index (χ2v) is 6.81. The molecule has 2 aromatic rings. The standard InChI is InChI=1S/C18H24N4O3S.HI/c1-12-10-21-16(26-12)7-8-20-18(19-2)22-11-13-5-6-15(24-3)14(9-13)17(23)25-4;/h5-6,9-10H,7-8,11H2,1-4H3,(H2,19,20,22);1H. The summed E-state index contributed by atoms with van der Waals surface area (Å²) in [5.41, 5.74) is 1.32. The van der Waals surface area contributed by atoms with Crippen molar-refractivity contribution in [3.05, 3.63) is 45.4 Å². The number of carbonyl (C=O) groups excluding carboxylic acids is 1. The van der Waals surface area contributed by atoms with Crippen molar-refractivity contribution in [1.82, 2.24) is 15.6 Å². The average molecular weight is 504 g/mol. The predicted molar refractivity (Wildman–Crippen MR) is 119 cm³/mol. The fraction of sp³-hybridized carbons (Fsp3) is 0.389. The van der Waals surface area contributed by atoms with Crippen molar-refractivity contribution >= 4 is 47.2 Å². The Kier molecular flexibility index (Phi) is 10.1. The van der Waals surface area contributed by atoms with Gasteiger partial charge in [-0.2, -0.15) is 0 Å². The van der Waals surface area contributed by atoms with E-state index < -0.39 is 5.97 Å². The van der Waals surface area contributed by atoms with Crippen molar-refractivity contribution in [3.8, 4) is 5.75 Å². The highest BCUT2D eigenvalue weighted by atomic mass is 127. The van der Waals surface area contributed by atoms with E-state index in [4.69, 9.17) is 9.47 Å². The van der Waals surface area contributed by atoms with Crippen molar-refractivity contribution in [2.24, 2.45) is 4.99 Å². The lowest BCUT2D eigenvalue weighted by atomic mass is 10.1. The Morgan fingerprint density at radius 3 is 2.67 bits per heavy atom. The second kappa shape index (κ2) is 11.8. The van der Waals surface area contributed by atoms with Crippen molar-refractivity contribution in [3.63, 3.8) is 0 Å². The summed E-state index contributed by atoms with van der Waals surface area (Å²) in [7, 11) is 4.59. The van der Waals surface area contributed by atoms with Crippen LogP contribution in [0.5, 0.6) is 5.75 Å². The number of nitrogens with one attached hydrogen (secondary N) is 2. The summed E-state index contributed by atoms with van der Waals surface area (Å²) < 4.78 is 10.0. The molecule has 0 radical (unpaired) electrons. The molecule has 1 aromatic carbocycles. The molecule has 0 spiro atoms. The Morgan fingerprint density at radius 2 is 2.07 bits per heavy atom. The Bertz CT molecular complexity index is 780. The van der Waals surface area contributed by atoms with E-state index in [1.165, 1.54) is 19.1 Å². The zero-order chi connectivity index (χ0) is 18.9. The Morgan fingerprint density at radius 1 is 1.30 bits per heavy atom. The molecule has 2 rings (SSSR count). The van der Waals surface area contributed by atoms with Crippen molar-refractivity contribution < 1.29 is 14.3 Å². The quantitative estimate of drug-likeness (QED) is 0.261. The molecule has 1 heterocycles. The number of carbonyl (C=O) groups is 1. The zero-order valence-corrected chi connectivity index (χ0v) is 19.0. The number of guanidine groups is 1. The molecule has 148 valence electrons. The van der Waals surface area contributed by atoms with Gasteiger partial charge in [-0.3, -0.25) is 4.99 Å². The molecule has 0 aliphatic rings. The first-order valence-corrected chi connectivity index (χ1v) is 9.00. The third kappa shape index (κ3) is 6.98. The molecule has 0 amide bonds. The normalized spacial score (nSPS) is 10.7. The van der Waals surface area contributed by atoms with Crippen LogP contribution in [-0.2, 0) is 17.7 Å². The number of nitrogens with zero attached hydrogens (tertiary/aromatic N) is 2. The van der Waals surface area contributed by atoms with Crippen molar-refractivity contribution in [2.45, 2.75) is 19.9 Å². The van der Waals surface area contributed by atoms with Gasteiger partial charge in [0.25, 0.3) is 0 Å². The Balaban J connectivity index is 0.00000364. The summed E-state index contributed by atoms with van der Waals surface area (Å²) in [6.45, 7) is 3.30. The van der Waals surface area contributed by atoms with Gasteiger partial charge in [0, 0.05) is 37.6 Å². The molecule has 0 saturated heterocycles. The lowest BCUT2D eigenvalue weighted by molar-refractivity contribution is 0.0597. The van der Waals surface area contributed by atoms with Crippen LogP contribution in [0.1, 0.15) is 25.8 Å². The van der Waals surface area contributed by atoms with E-state index >= 15 is 0 Å². The van der Waals surface area contributed by atoms with Crippen LogP contribution in [0.15, 0.2) is 29.4 Å². The third-order valence-electron chi connectivity index (χ3n) is 3.65. The highest BCUT2D eigenvalue weighted by molar-refractivity contribution is 14.0. The Labute approximate surface area is 180 Å². The zero-order valence-electron chi connectivity index (χ0n) is 15.9. The van der Waals surface area contributed by atoms with Gasteiger partial charge in [0.1, 0.15) is 11.3 Å². The first-order chi connectivity index (χ1) is 12.6. The number of hydrogen-bond donors (Lipinski definition) is 2. The molecule has 2 N–H and O–H groups in total. The minimum atomic E-state index is -0.426. The van der Waals surface area contributed by atoms with E-state index in [1.54, 1.807) is 30.5 Å². The van der Waals surface area contributed by atoms with Crippen LogP contribution in [0, 0.1) is 6.92 Å². The van der Waals surface area contributed by atoms with E-state index in [0.29, 0.717) is 23.8 Å². The lowest BCUT2D eigenvalue weighted by Crippen LogP contribution is -2.37. The number of benzene rings is 1. The summed E-state index contributed by atoms with van der Waals surface area (Å²) in [5, 5.41) is 7.59. The smallest absolute Gasteiger partial charge is 0.341 e. The van der Waals surface area contributed by atoms with Crippen molar-refractivity contribution in [2.75, 3.05) is 27.8 Å². The Hall–Kier alpha value is -1.88. The monoisotopic (exact) mass is 504 g/mol. The minimum absolute atomic E-state index is 0. The topological polar surface area (TPSA) is 84.8 Å². The number of aromatic nitrogens is 1. The summed E-state index contributed by atoms with van der Waals surface area (Å²) in [4.78, 5) is 21.6. The third-order valence-corrected chi connectivity index (χ3v) is 4.63. The molecule has 27 heavy (non-hydrogen) atoms. The van der Waals surface area contributed by atoms with E-state index in [-0.39, 0.29) is 24.0 Å². The van der Waals surface area contributed by atoms with Gasteiger partial charge in [0.2, 0.25) is 0 Å². The van der Waals surface area contributed by atoms with E-state index in [2.05, 4.69) is 20.6 Å². The van der Waals surface area contributed by atoms with Crippen LogP contribution in [0.4, 0.5) is 0 Å². The molecule has 7 nitrogen and oxygen atoms in total. The van der Waals surface area contributed by atoms with Gasteiger partial charge in [-0.15, -0.1) is 35.3 Å². The molecule has 0 unspecified atom stereocenters. The molecular formula is C18H25IN4O3S. The summed E-state index contributed by atoms with van der Waals surface area (Å²) in [6.07, 6.45) is 2.73. The van der Waals surface area contributed by atoms with Crippen LogP contribution in [0.25, 0.3) is 0 Å². The van der Waals surface area contributed by atoms with Gasteiger partial charge in [-0.25, -0.2) is 9.78 Å². The van der Waals surface area contributed by atoms with Crippen LogP contribution in [0.3, 0.4) is 0 Å². The van der Waals surface area contributed by atoms with Gasteiger partial charge in [0.15, 0.2) is 5.96 Å². The van der Waals surface area contributed by atoms with Gasteiger partial charge >= 0.3 is 5.97 Å². The van der Waals surface area contributed by atoms with Gasteiger partial charge in [0.05, 0.1) is 19.2 Å². The molecule has 0 saturated carbocycles. The summed E-state index contributed by atoms with van der Waals surface area (Å²) in [6, 6.07) is 5.40. The maximum absolute atomic E-state index is 11.9. The van der Waals surface area contributed by atoms with E-state index in [9.17, 15) is 4.79 Å². The number of esters is 1. The largest absolute Gasteiger partial charge is 0.496 e. The maximum atomic E-state index is 11.9. The summed E-state index contributed by atoms with van der Waals surface area (Å²) >= 11 is 1.70. The first-order valence-electron chi connectivity index (χ1n) is 8.18. The number of thiazole rings is 1. The van der Waals surface area contributed by atoms with Crippen LogP contribution >= 0.6 is 35.3 Å². The van der Waals surface area contributed by atoms with Crippen LogP contribution in [0.2, 0.25) is 0 Å². The van der Waals surface area contributed by atoms with E-state index in [0.717, 1.165) is 23.5 Å². The van der Waals surface area contributed by atoms with Gasteiger partial charge < -0.3 is 20.1 Å². The number of rotatable bonds is 7. The first kappa shape index (κ1) is 23.2.